The molecule has 0 bridgehead atoms. The van der Waals surface area contributed by atoms with Gasteiger partial charge in [-0.05, 0) is 25.3 Å². The van der Waals surface area contributed by atoms with E-state index in [9.17, 15) is 4.79 Å². The molecule has 0 aromatic carbocycles. The Kier molecular flexibility index (Phi) is 3.30. The topological polar surface area (TPSA) is 64.2 Å². The van der Waals surface area contributed by atoms with Crippen LogP contribution in [-0.4, -0.2) is 32.3 Å². The lowest BCUT2D eigenvalue weighted by Gasteiger charge is -2.21. The van der Waals surface area contributed by atoms with Crippen LogP contribution in [0.4, 0.5) is 0 Å². The highest BCUT2D eigenvalue weighted by Gasteiger charge is 2.34. The van der Waals surface area contributed by atoms with E-state index < -0.39 is 0 Å². The molecule has 3 rings (SSSR count). The number of likely N-dealkylation sites (tertiary alicyclic amines) is 1. The lowest BCUT2D eigenvalue weighted by atomic mass is 10.1. The number of carbonyl (C=O) groups excluding carboxylic acids is 1. The fraction of sp³-hybridized carbons (Fsp3) is 0.500. The van der Waals surface area contributed by atoms with Gasteiger partial charge in [0.1, 0.15) is 5.69 Å². The number of amides is 1. The van der Waals surface area contributed by atoms with Crippen LogP contribution in [-0.2, 0) is 13.5 Å². The number of carbonyl (C=O) groups is 1. The van der Waals surface area contributed by atoms with E-state index in [2.05, 4.69) is 10.3 Å². The van der Waals surface area contributed by atoms with E-state index in [-0.39, 0.29) is 11.9 Å². The Balaban J connectivity index is 1.83. The number of nitrogens with zero attached hydrogens (tertiary/aromatic N) is 4. The van der Waals surface area contributed by atoms with Gasteiger partial charge in [-0.3, -0.25) is 9.48 Å². The van der Waals surface area contributed by atoms with Gasteiger partial charge < -0.3 is 9.42 Å². The lowest BCUT2D eigenvalue weighted by molar-refractivity contribution is 0.0708. The number of hydrogen-bond acceptors (Lipinski definition) is 4. The zero-order valence-electron chi connectivity index (χ0n) is 11.7. The second-order valence-corrected chi connectivity index (χ2v) is 5.11. The predicted molar refractivity (Wildman–Crippen MR) is 72.1 cm³/mol. The standard InChI is InChI=1S/C14H18N4O2/c1-3-10-9-13(20-16-10)12-5-4-7-18(12)14(19)11-6-8-17(2)15-11/h6,8-9,12H,3-5,7H2,1-2H3/t12-/m1/s1. The maximum Gasteiger partial charge on any atom is 0.274 e. The van der Waals surface area contributed by atoms with Crippen molar-refractivity contribution in [1.82, 2.24) is 19.8 Å². The summed E-state index contributed by atoms with van der Waals surface area (Å²) in [6.45, 7) is 2.77. The van der Waals surface area contributed by atoms with E-state index in [1.54, 1.807) is 16.9 Å². The Hall–Kier alpha value is -2.11. The molecule has 0 spiro atoms. The molecule has 1 atom stereocenters. The second kappa shape index (κ2) is 5.11. The molecular weight excluding hydrogens is 256 g/mol. The summed E-state index contributed by atoms with van der Waals surface area (Å²) in [7, 11) is 1.81. The van der Waals surface area contributed by atoms with Crippen LogP contribution in [0.5, 0.6) is 0 Å². The Morgan fingerprint density at radius 1 is 1.55 bits per heavy atom. The molecule has 1 saturated heterocycles. The molecule has 0 saturated carbocycles. The quantitative estimate of drug-likeness (QED) is 0.858. The van der Waals surface area contributed by atoms with Crippen molar-refractivity contribution < 1.29 is 9.32 Å². The van der Waals surface area contributed by atoms with Crippen molar-refractivity contribution in [1.29, 1.82) is 0 Å². The van der Waals surface area contributed by atoms with Crippen molar-refractivity contribution in [3.8, 4) is 0 Å². The van der Waals surface area contributed by atoms with Crippen LogP contribution in [0.2, 0.25) is 0 Å². The smallest absolute Gasteiger partial charge is 0.274 e. The molecule has 1 amide bonds. The summed E-state index contributed by atoms with van der Waals surface area (Å²) in [5.74, 6) is 0.742. The minimum Gasteiger partial charge on any atom is -0.359 e. The van der Waals surface area contributed by atoms with Crippen molar-refractivity contribution in [2.75, 3.05) is 6.54 Å². The number of rotatable bonds is 3. The summed E-state index contributed by atoms with van der Waals surface area (Å²) in [6.07, 6.45) is 4.51. The first-order valence-corrected chi connectivity index (χ1v) is 6.95. The monoisotopic (exact) mass is 274 g/mol. The average molecular weight is 274 g/mol. The van der Waals surface area contributed by atoms with Gasteiger partial charge in [0, 0.05) is 25.9 Å². The van der Waals surface area contributed by atoms with E-state index >= 15 is 0 Å². The molecule has 2 aromatic rings. The van der Waals surface area contributed by atoms with Crippen molar-refractivity contribution in [3.05, 3.63) is 35.5 Å². The van der Waals surface area contributed by atoms with Crippen LogP contribution in [0.25, 0.3) is 0 Å². The third-order valence-corrected chi connectivity index (χ3v) is 3.71. The minimum atomic E-state index is -0.0393. The molecule has 3 heterocycles. The lowest BCUT2D eigenvalue weighted by Crippen LogP contribution is -2.30. The summed E-state index contributed by atoms with van der Waals surface area (Å²) >= 11 is 0. The summed E-state index contributed by atoms with van der Waals surface area (Å²) in [5.41, 5.74) is 1.41. The fourth-order valence-corrected chi connectivity index (χ4v) is 2.63. The molecular formula is C14H18N4O2. The van der Waals surface area contributed by atoms with Crippen LogP contribution in [0, 0.1) is 0 Å². The van der Waals surface area contributed by atoms with Crippen molar-refractivity contribution >= 4 is 5.91 Å². The van der Waals surface area contributed by atoms with Gasteiger partial charge in [0.05, 0.1) is 11.7 Å². The normalized spacial score (nSPS) is 18.7. The van der Waals surface area contributed by atoms with E-state index in [0.29, 0.717) is 5.69 Å². The third-order valence-electron chi connectivity index (χ3n) is 3.71. The Morgan fingerprint density at radius 3 is 3.05 bits per heavy atom. The Bertz CT molecular complexity index is 616. The summed E-state index contributed by atoms with van der Waals surface area (Å²) in [6, 6.07) is 3.68. The average Bonchev–Trinajstić information content (AvgIpc) is 3.17. The van der Waals surface area contributed by atoms with Gasteiger partial charge in [-0.15, -0.1) is 0 Å². The molecule has 0 aliphatic carbocycles. The fourth-order valence-electron chi connectivity index (χ4n) is 2.63. The molecule has 6 nitrogen and oxygen atoms in total. The van der Waals surface area contributed by atoms with E-state index in [1.165, 1.54) is 0 Å². The van der Waals surface area contributed by atoms with Gasteiger partial charge in [0.2, 0.25) is 0 Å². The molecule has 1 aliphatic rings. The summed E-state index contributed by atoms with van der Waals surface area (Å²) < 4.78 is 7.03. The van der Waals surface area contributed by atoms with Crippen LogP contribution in [0.15, 0.2) is 22.9 Å². The first-order chi connectivity index (χ1) is 9.69. The molecule has 20 heavy (non-hydrogen) atoms. The Labute approximate surface area is 117 Å². The molecule has 106 valence electrons. The Morgan fingerprint density at radius 2 is 2.40 bits per heavy atom. The van der Waals surface area contributed by atoms with Gasteiger partial charge in [-0.25, -0.2) is 0 Å². The zero-order chi connectivity index (χ0) is 14.1. The van der Waals surface area contributed by atoms with Gasteiger partial charge in [0.15, 0.2) is 5.76 Å². The maximum atomic E-state index is 12.5. The molecule has 0 N–H and O–H groups in total. The SMILES string of the molecule is CCc1cc([C@H]2CCCN2C(=O)c2ccn(C)n2)on1. The number of hydrogen-bond donors (Lipinski definition) is 0. The predicted octanol–water partition coefficient (Wildman–Crippen LogP) is 1.95. The molecule has 2 aromatic heterocycles. The van der Waals surface area contributed by atoms with Gasteiger partial charge in [-0.2, -0.15) is 5.10 Å². The largest absolute Gasteiger partial charge is 0.359 e. The van der Waals surface area contributed by atoms with E-state index in [1.807, 2.05) is 24.9 Å². The van der Waals surface area contributed by atoms with Gasteiger partial charge in [0.25, 0.3) is 5.91 Å². The maximum absolute atomic E-state index is 12.5. The highest BCUT2D eigenvalue weighted by molar-refractivity contribution is 5.92. The first-order valence-electron chi connectivity index (χ1n) is 6.95. The first kappa shape index (κ1) is 12.9. The van der Waals surface area contributed by atoms with Crippen molar-refractivity contribution in [2.24, 2.45) is 7.05 Å². The van der Waals surface area contributed by atoms with Crippen LogP contribution >= 0.6 is 0 Å². The zero-order valence-corrected chi connectivity index (χ0v) is 11.7. The highest BCUT2D eigenvalue weighted by atomic mass is 16.5. The van der Waals surface area contributed by atoms with Gasteiger partial charge in [-0.1, -0.05) is 12.1 Å². The van der Waals surface area contributed by atoms with Crippen LogP contribution in [0.3, 0.4) is 0 Å². The van der Waals surface area contributed by atoms with Crippen molar-refractivity contribution in [2.45, 2.75) is 32.2 Å². The molecule has 0 radical (unpaired) electrons. The van der Waals surface area contributed by atoms with E-state index in [0.717, 1.165) is 37.3 Å². The summed E-state index contributed by atoms with van der Waals surface area (Å²) in [4.78, 5) is 14.3. The third kappa shape index (κ3) is 2.21. The second-order valence-electron chi connectivity index (χ2n) is 5.11. The van der Waals surface area contributed by atoms with Crippen molar-refractivity contribution in [3.63, 3.8) is 0 Å². The number of aryl methyl sites for hydroxylation is 2. The minimum absolute atomic E-state index is 0.0164. The highest BCUT2D eigenvalue weighted by Crippen LogP contribution is 2.33. The molecule has 1 aliphatic heterocycles. The summed E-state index contributed by atoms with van der Waals surface area (Å²) in [5, 5.41) is 8.20. The van der Waals surface area contributed by atoms with Crippen LogP contribution < -0.4 is 0 Å². The molecule has 1 fully saturated rings. The number of aromatic nitrogens is 3. The van der Waals surface area contributed by atoms with Crippen LogP contribution in [0.1, 0.15) is 47.7 Å². The molecule has 6 heteroatoms. The van der Waals surface area contributed by atoms with E-state index in [4.69, 9.17) is 4.52 Å². The molecule has 0 unspecified atom stereocenters. The van der Waals surface area contributed by atoms with Gasteiger partial charge >= 0.3 is 0 Å².